The Labute approximate surface area is 147 Å². The van der Waals surface area contributed by atoms with Crippen molar-refractivity contribution in [2.75, 3.05) is 32.7 Å². The van der Waals surface area contributed by atoms with E-state index in [1.807, 2.05) is 4.90 Å². The Balaban J connectivity index is 0.00000208. The third-order valence-corrected chi connectivity index (χ3v) is 4.67. The van der Waals surface area contributed by atoms with Gasteiger partial charge in [0.05, 0.1) is 6.54 Å². The molecule has 0 bridgehead atoms. The lowest BCUT2D eigenvalue weighted by molar-refractivity contribution is -0.135. The summed E-state index contributed by atoms with van der Waals surface area (Å²) in [6.07, 6.45) is 1.78. The summed E-state index contributed by atoms with van der Waals surface area (Å²) < 4.78 is 13.7. The third kappa shape index (κ3) is 3.87. The molecule has 24 heavy (non-hydrogen) atoms. The van der Waals surface area contributed by atoms with Crippen molar-refractivity contribution >= 4 is 24.2 Å². The molecular weight excluding hydrogens is 333 g/mol. The number of nitrogens with zero attached hydrogens (tertiary/aromatic N) is 2. The van der Waals surface area contributed by atoms with Crippen molar-refractivity contribution < 1.29 is 14.0 Å². The first-order valence-electron chi connectivity index (χ1n) is 8.12. The van der Waals surface area contributed by atoms with Gasteiger partial charge in [0.15, 0.2) is 0 Å². The van der Waals surface area contributed by atoms with Gasteiger partial charge in [-0.25, -0.2) is 4.39 Å². The molecule has 132 valence electrons. The number of hydrogen-bond donors (Lipinski definition) is 1. The first-order chi connectivity index (χ1) is 11.1. The van der Waals surface area contributed by atoms with Gasteiger partial charge in [-0.1, -0.05) is 6.07 Å². The van der Waals surface area contributed by atoms with E-state index >= 15 is 0 Å². The van der Waals surface area contributed by atoms with Crippen LogP contribution in [0.3, 0.4) is 0 Å². The van der Waals surface area contributed by atoms with E-state index in [-0.39, 0.29) is 36.1 Å². The van der Waals surface area contributed by atoms with Gasteiger partial charge < -0.3 is 15.1 Å². The number of likely N-dealkylation sites (tertiary alicyclic amines) is 1. The van der Waals surface area contributed by atoms with Crippen molar-refractivity contribution in [2.24, 2.45) is 0 Å². The molecular formula is C17H23ClFN3O2. The van der Waals surface area contributed by atoms with Crippen LogP contribution < -0.4 is 5.32 Å². The predicted molar refractivity (Wildman–Crippen MR) is 91.9 cm³/mol. The van der Waals surface area contributed by atoms with Crippen LogP contribution in [-0.4, -0.2) is 60.4 Å². The van der Waals surface area contributed by atoms with Crippen molar-refractivity contribution in [1.29, 1.82) is 0 Å². The highest BCUT2D eigenvalue weighted by Gasteiger charge is 2.32. The summed E-state index contributed by atoms with van der Waals surface area (Å²) in [5.74, 6) is -0.421. The lowest BCUT2D eigenvalue weighted by Gasteiger charge is -2.41. The van der Waals surface area contributed by atoms with E-state index in [1.54, 1.807) is 24.0 Å². The summed E-state index contributed by atoms with van der Waals surface area (Å²) in [4.78, 5) is 28.3. The molecule has 2 aliphatic rings. The van der Waals surface area contributed by atoms with Crippen LogP contribution in [0.1, 0.15) is 28.8 Å². The lowest BCUT2D eigenvalue weighted by Crippen LogP contribution is -2.57. The standard InChI is InChI=1S/C17H22FN3O2.ClH/c1-12-4-5-13(9-15(12)18)17(23)20-7-2-3-14(11-20)21-8-6-19-10-16(21)22;/h4-5,9,14,19H,2-3,6-8,10-11H2,1H3;1H. The average Bonchev–Trinajstić information content (AvgIpc) is 2.57. The molecule has 1 aromatic carbocycles. The summed E-state index contributed by atoms with van der Waals surface area (Å²) in [5.41, 5.74) is 0.907. The van der Waals surface area contributed by atoms with Gasteiger partial charge in [0.25, 0.3) is 5.91 Å². The first-order valence-corrected chi connectivity index (χ1v) is 8.12. The van der Waals surface area contributed by atoms with Gasteiger partial charge in [-0.3, -0.25) is 9.59 Å². The second-order valence-electron chi connectivity index (χ2n) is 6.28. The predicted octanol–water partition coefficient (Wildman–Crippen LogP) is 1.59. The molecule has 1 N–H and O–H groups in total. The summed E-state index contributed by atoms with van der Waals surface area (Å²) in [7, 11) is 0. The smallest absolute Gasteiger partial charge is 0.254 e. The van der Waals surface area contributed by atoms with Crippen LogP contribution in [0.25, 0.3) is 0 Å². The Kier molecular flexibility index (Phi) is 6.18. The zero-order valence-corrected chi connectivity index (χ0v) is 14.6. The van der Waals surface area contributed by atoms with Gasteiger partial charge in [-0.05, 0) is 37.5 Å². The van der Waals surface area contributed by atoms with E-state index in [2.05, 4.69) is 5.32 Å². The van der Waals surface area contributed by atoms with Crippen LogP contribution in [0, 0.1) is 12.7 Å². The highest BCUT2D eigenvalue weighted by molar-refractivity contribution is 5.94. The first kappa shape index (κ1) is 18.7. The van der Waals surface area contributed by atoms with E-state index in [1.165, 1.54) is 6.07 Å². The molecule has 0 radical (unpaired) electrons. The maximum Gasteiger partial charge on any atom is 0.254 e. The molecule has 5 nitrogen and oxygen atoms in total. The highest BCUT2D eigenvalue weighted by Crippen LogP contribution is 2.20. The molecule has 3 rings (SSSR count). The van der Waals surface area contributed by atoms with Crippen LogP contribution in [-0.2, 0) is 4.79 Å². The van der Waals surface area contributed by atoms with Crippen LogP contribution in [0.4, 0.5) is 4.39 Å². The number of amides is 2. The van der Waals surface area contributed by atoms with Crippen LogP contribution in [0.5, 0.6) is 0 Å². The van der Waals surface area contributed by atoms with Gasteiger partial charge in [0, 0.05) is 37.8 Å². The number of hydrogen-bond acceptors (Lipinski definition) is 3. The van der Waals surface area contributed by atoms with Gasteiger partial charge in [-0.15, -0.1) is 12.4 Å². The van der Waals surface area contributed by atoms with Crippen molar-refractivity contribution in [2.45, 2.75) is 25.8 Å². The molecule has 0 saturated carbocycles. The van der Waals surface area contributed by atoms with Crippen LogP contribution >= 0.6 is 12.4 Å². The Bertz CT molecular complexity index is 626. The third-order valence-electron chi connectivity index (χ3n) is 4.67. The number of aryl methyl sites for hydroxylation is 1. The van der Waals surface area contributed by atoms with Gasteiger partial charge in [0.1, 0.15) is 5.82 Å². The number of piperidine rings is 1. The molecule has 1 unspecified atom stereocenters. The maximum absolute atomic E-state index is 13.7. The molecule has 1 atom stereocenters. The largest absolute Gasteiger partial charge is 0.337 e. The van der Waals surface area contributed by atoms with E-state index in [9.17, 15) is 14.0 Å². The molecule has 1 aromatic rings. The molecule has 2 saturated heterocycles. The molecule has 0 aliphatic carbocycles. The minimum atomic E-state index is -0.360. The molecule has 0 spiro atoms. The average molecular weight is 356 g/mol. The van der Waals surface area contributed by atoms with E-state index in [0.717, 1.165) is 19.4 Å². The normalized spacial score (nSPS) is 21.4. The van der Waals surface area contributed by atoms with Crippen molar-refractivity contribution in [3.05, 3.63) is 35.1 Å². The fraction of sp³-hybridized carbons (Fsp3) is 0.529. The Morgan fingerprint density at radius 3 is 2.83 bits per heavy atom. The van der Waals surface area contributed by atoms with Gasteiger partial charge >= 0.3 is 0 Å². The monoisotopic (exact) mass is 355 g/mol. The Morgan fingerprint density at radius 1 is 1.33 bits per heavy atom. The summed E-state index contributed by atoms with van der Waals surface area (Å²) in [5, 5.41) is 3.06. The topological polar surface area (TPSA) is 52.7 Å². The molecule has 2 aliphatic heterocycles. The summed E-state index contributed by atoms with van der Waals surface area (Å²) in [6.45, 7) is 4.71. The molecule has 2 fully saturated rings. The van der Waals surface area contributed by atoms with Crippen LogP contribution in [0.2, 0.25) is 0 Å². The Hall–Kier alpha value is -1.66. The van der Waals surface area contributed by atoms with Crippen molar-refractivity contribution in [1.82, 2.24) is 15.1 Å². The fourth-order valence-corrected chi connectivity index (χ4v) is 3.31. The highest BCUT2D eigenvalue weighted by atomic mass is 35.5. The number of carbonyl (C=O) groups excluding carboxylic acids is 2. The van der Waals surface area contributed by atoms with Crippen LogP contribution in [0.15, 0.2) is 18.2 Å². The second-order valence-corrected chi connectivity index (χ2v) is 6.28. The lowest BCUT2D eigenvalue weighted by atomic mass is 10.0. The summed E-state index contributed by atoms with van der Waals surface area (Å²) in [6, 6.07) is 4.67. The quantitative estimate of drug-likeness (QED) is 0.876. The van der Waals surface area contributed by atoms with E-state index in [4.69, 9.17) is 0 Å². The number of rotatable bonds is 2. The molecule has 7 heteroatoms. The van der Waals surface area contributed by atoms with Gasteiger partial charge in [0.2, 0.25) is 5.91 Å². The number of benzene rings is 1. The minimum Gasteiger partial charge on any atom is -0.337 e. The zero-order chi connectivity index (χ0) is 16.4. The SMILES string of the molecule is Cc1ccc(C(=O)N2CCCC(N3CCNCC3=O)C2)cc1F.Cl. The summed E-state index contributed by atoms with van der Waals surface area (Å²) >= 11 is 0. The number of piperazine rings is 1. The number of halogens is 2. The number of nitrogens with one attached hydrogen (secondary N) is 1. The van der Waals surface area contributed by atoms with Gasteiger partial charge in [-0.2, -0.15) is 0 Å². The molecule has 0 aromatic heterocycles. The minimum absolute atomic E-state index is 0. The zero-order valence-electron chi connectivity index (χ0n) is 13.8. The van der Waals surface area contributed by atoms with E-state index < -0.39 is 0 Å². The molecule has 2 heterocycles. The number of carbonyl (C=O) groups is 2. The van der Waals surface area contributed by atoms with Crippen molar-refractivity contribution in [3.8, 4) is 0 Å². The van der Waals surface area contributed by atoms with E-state index in [0.29, 0.717) is 37.3 Å². The Morgan fingerprint density at radius 2 is 2.12 bits per heavy atom. The maximum atomic E-state index is 13.7. The molecule has 2 amide bonds. The second kappa shape index (κ2) is 7.94. The fourth-order valence-electron chi connectivity index (χ4n) is 3.31. The van der Waals surface area contributed by atoms with Crippen molar-refractivity contribution in [3.63, 3.8) is 0 Å².